The molecular weight excluding hydrogens is 1810 g/mol. The van der Waals surface area contributed by atoms with Crippen LogP contribution in [-0.2, 0) is 16.2 Å². The maximum atomic E-state index is 5.33. The first kappa shape index (κ1) is 89.1. The van der Waals surface area contributed by atoms with Crippen molar-refractivity contribution in [1.29, 1.82) is 0 Å². The molecule has 9 nitrogen and oxygen atoms in total. The van der Waals surface area contributed by atoms with Crippen LogP contribution < -0.4 is 0 Å². The van der Waals surface area contributed by atoms with Crippen molar-refractivity contribution in [3.8, 4) is 168 Å². The molecule has 3 aliphatic carbocycles. The number of benzene rings is 19. The Morgan fingerprint density at radius 2 is 0.483 bits per heavy atom. The van der Waals surface area contributed by atoms with Gasteiger partial charge in [0.25, 0.3) is 0 Å². The predicted molar refractivity (Wildman–Crippen MR) is 618 cm³/mol. The van der Waals surface area contributed by atoms with Crippen LogP contribution in [0.4, 0.5) is 0 Å². The minimum atomic E-state index is -0.198. The fourth-order valence-corrected chi connectivity index (χ4v) is 23.8. The first-order chi connectivity index (χ1) is 73.2. The van der Waals surface area contributed by atoms with Crippen LogP contribution >= 0.6 is 0 Å². The van der Waals surface area contributed by atoms with Gasteiger partial charge < -0.3 is 0 Å². The Balaban J connectivity index is 0.000000111. The summed E-state index contributed by atoms with van der Waals surface area (Å²) in [5.41, 5.74) is 48.6. The van der Waals surface area contributed by atoms with Crippen molar-refractivity contribution < 1.29 is 0 Å². The Kier molecular flexibility index (Phi) is 21.4. The van der Waals surface area contributed by atoms with E-state index in [9.17, 15) is 0 Å². The number of hydrogen-bond acceptors (Lipinski definition) is 7. The highest BCUT2D eigenvalue weighted by molar-refractivity contribution is 6.13. The predicted octanol–water partition coefficient (Wildman–Crippen LogP) is 35.7. The molecule has 26 aromatic rings. The van der Waals surface area contributed by atoms with Crippen molar-refractivity contribution in [2.75, 3.05) is 0 Å². The summed E-state index contributed by atoms with van der Waals surface area (Å²) in [4.78, 5) is 36.4. The van der Waals surface area contributed by atoms with Gasteiger partial charge in [0.1, 0.15) is 11.6 Å². The van der Waals surface area contributed by atoms with Crippen LogP contribution in [0.3, 0.4) is 0 Å². The van der Waals surface area contributed by atoms with Crippen LogP contribution in [0, 0.1) is 0 Å². The van der Waals surface area contributed by atoms with E-state index in [1.807, 2.05) is 36.4 Å². The summed E-state index contributed by atoms with van der Waals surface area (Å²) in [5.74, 6) is 1.88. The molecule has 0 bridgehead atoms. The smallest absolute Gasteiger partial charge is 0.145 e. The SMILES string of the molecule is CC1(C)c2ccccc2-c2nc3ccccc3c(-c3ccc(-c4ccc(-c5nc6ccccc6n5-c5ccccc5)cc4)cc3)c21.CC1(C)c2ccccc2-c2nc3ccccc3c(-c3cccc(-c4ccc(-c5nc6ccccc6n5-c5ccccc5)cc4)c3)c21.CC1(C)c2ccccc2-c2nc3ccccc3c(-c3cccc(-c4cccc(-c5cc6ccc(-c7ccccc7)nc6c6nc(-c7ccccc7)ccc56)c4)c3)c21. The lowest BCUT2D eigenvalue weighted by Gasteiger charge is -2.25. The Morgan fingerprint density at radius 3 is 0.906 bits per heavy atom. The molecule has 0 radical (unpaired) electrons. The zero-order valence-electron chi connectivity index (χ0n) is 83.3. The van der Waals surface area contributed by atoms with Gasteiger partial charge in [-0.15, -0.1) is 0 Å². The Labute approximate surface area is 865 Å². The average molecular weight is 1910 g/mol. The van der Waals surface area contributed by atoms with E-state index in [0.29, 0.717) is 0 Å². The summed E-state index contributed by atoms with van der Waals surface area (Å²) in [6.07, 6.45) is 0. The molecule has 704 valence electrons. The highest BCUT2D eigenvalue weighted by Crippen LogP contribution is 2.58. The summed E-state index contributed by atoms with van der Waals surface area (Å²) < 4.78 is 4.50. The van der Waals surface area contributed by atoms with Gasteiger partial charge in [-0.25, -0.2) is 34.9 Å². The van der Waals surface area contributed by atoms with Crippen molar-refractivity contribution in [2.24, 2.45) is 0 Å². The van der Waals surface area contributed by atoms with Gasteiger partial charge in [-0.05, 0) is 220 Å². The van der Waals surface area contributed by atoms with E-state index in [4.69, 9.17) is 34.9 Å². The molecule has 29 rings (SSSR count). The quantitative estimate of drug-likeness (QED) is 0.106. The van der Waals surface area contributed by atoms with Crippen molar-refractivity contribution in [2.45, 2.75) is 57.8 Å². The number of fused-ring (bicyclic) bond motifs is 17. The summed E-state index contributed by atoms with van der Waals surface area (Å²) in [6.45, 7) is 14.0. The molecule has 0 saturated carbocycles. The Hall–Kier alpha value is -18.8. The molecule has 9 heteroatoms. The molecule has 0 unspecified atom stereocenters. The molecule has 0 N–H and O–H groups in total. The summed E-state index contributed by atoms with van der Waals surface area (Å²) in [7, 11) is 0. The van der Waals surface area contributed by atoms with E-state index < -0.39 is 0 Å². The second kappa shape index (κ2) is 35.9. The third kappa shape index (κ3) is 15.2. The number of rotatable bonds is 13. The molecule has 0 spiro atoms. The largest absolute Gasteiger partial charge is 0.292 e. The molecule has 0 fully saturated rings. The average Bonchev–Trinajstić information content (AvgIpc) is 1.56. The summed E-state index contributed by atoms with van der Waals surface area (Å²) >= 11 is 0. The number of nitrogens with zero attached hydrogens (tertiary/aromatic N) is 9. The molecule has 0 amide bonds. The van der Waals surface area contributed by atoms with Crippen LogP contribution in [-0.4, -0.2) is 44.0 Å². The Morgan fingerprint density at radius 1 is 0.181 bits per heavy atom. The van der Waals surface area contributed by atoms with Gasteiger partial charge in [0, 0.05) is 93.5 Å². The van der Waals surface area contributed by atoms with Crippen LogP contribution in [0.1, 0.15) is 74.9 Å². The minimum absolute atomic E-state index is 0.150. The lowest BCUT2D eigenvalue weighted by Crippen LogP contribution is -2.16. The third-order valence-electron chi connectivity index (χ3n) is 31.0. The third-order valence-corrected chi connectivity index (χ3v) is 31.0. The van der Waals surface area contributed by atoms with Crippen molar-refractivity contribution in [3.63, 3.8) is 0 Å². The van der Waals surface area contributed by atoms with E-state index in [-0.39, 0.29) is 16.2 Å². The fraction of sp³-hybridized carbons (Fsp3) is 0.0643. The first-order valence-corrected chi connectivity index (χ1v) is 51.3. The van der Waals surface area contributed by atoms with Gasteiger partial charge >= 0.3 is 0 Å². The monoisotopic (exact) mass is 1910 g/mol. The number of hydrogen-bond donors (Lipinski definition) is 0. The first-order valence-electron chi connectivity index (χ1n) is 51.3. The fourth-order valence-electron chi connectivity index (χ4n) is 23.8. The van der Waals surface area contributed by atoms with E-state index >= 15 is 0 Å². The number of imidazole rings is 2. The van der Waals surface area contributed by atoms with Crippen LogP contribution in [0.5, 0.6) is 0 Å². The van der Waals surface area contributed by atoms with Gasteiger partial charge in [0.2, 0.25) is 0 Å². The van der Waals surface area contributed by atoms with Gasteiger partial charge in [0.15, 0.2) is 0 Å². The van der Waals surface area contributed by atoms with Crippen LogP contribution in [0.25, 0.3) is 245 Å². The minimum Gasteiger partial charge on any atom is -0.292 e. The van der Waals surface area contributed by atoms with Gasteiger partial charge in [-0.1, -0.05) is 424 Å². The molecule has 0 atom stereocenters. The maximum Gasteiger partial charge on any atom is 0.145 e. The van der Waals surface area contributed by atoms with E-state index in [0.717, 1.165) is 151 Å². The molecule has 149 heavy (non-hydrogen) atoms. The van der Waals surface area contributed by atoms with E-state index in [1.165, 1.54) is 127 Å². The lowest BCUT2D eigenvalue weighted by atomic mass is 9.78. The standard InChI is InChI=1S/C54H37N3.2C43H31N3/c1-54(2)45-25-11-9-23-42(45)52-50(54)49(43-24-10-12-26-48(43)57-52)39-22-14-20-37(32-39)36-19-13-21-38(31-36)44-33-40-27-29-46(34-15-5-3-6-16-34)55-51(40)53-41(44)28-30-47(56-53)35-17-7-4-8-18-35;1-43(2)35-19-8-6-17-33(35)41-40(43)39(34-18-7-9-20-36(34)44-41)31-14-12-13-30(27-31)28-23-25-29(26-24-28)42-45-37-21-10-11-22-38(37)46(42)32-15-4-3-5-16-32;1-43(2)35-16-8-6-14-33(35)41-40(43)39(34-15-7-9-17-36(34)44-41)30-24-20-28(21-25-30)29-22-26-31(27-23-29)42-45-37-18-10-11-19-38(37)46(42)32-12-4-3-5-13-32/h3-33H,1-2H3;2*3-27H,1-2H3. The molecular formula is C140H99N9. The second-order valence-corrected chi connectivity index (χ2v) is 40.9. The van der Waals surface area contributed by atoms with Crippen molar-refractivity contribution in [3.05, 3.63) is 525 Å². The second-order valence-electron chi connectivity index (χ2n) is 40.9. The molecule has 0 aliphatic heterocycles. The maximum absolute atomic E-state index is 5.33. The number of aromatic nitrogens is 9. The molecule has 7 heterocycles. The van der Waals surface area contributed by atoms with Gasteiger partial charge in [0.05, 0.1) is 78.1 Å². The highest BCUT2D eigenvalue weighted by Gasteiger charge is 2.43. The lowest BCUT2D eigenvalue weighted by molar-refractivity contribution is 0.661. The van der Waals surface area contributed by atoms with Crippen LogP contribution in [0.15, 0.2) is 491 Å². The highest BCUT2D eigenvalue weighted by atomic mass is 15.1. The normalized spacial score (nSPS) is 13.1. The van der Waals surface area contributed by atoms with Gasteiger partial charge in [-0.2, -0.15) is 0 Å². The number of para-hydroxylation sites is 9. The van der Waals surface area contributed by atoms with Crippen LogP contribution in [0.2, 0.25) is 0 Å². The molecule has 7 aromatic heterocycles. The zero-order valence-corrected chi connectivity index (χ0v) is 83.3. The van der Waals surface area contributed by atoms with Gasteiger partial charge in [-0.3, -0.25) is 9.13 Å². The van der Waals surface area contributed by atoms with Crippen molar-refractivity contribution >= 4 is 76.6 Å². The Bertz CT molecular complexity index is 9830. The molecule has 19 aromatic carbocycles. The molecule has 3 aliphatic rings. The summed E-state index contributed by atoms with van der Waals surface area (Å²) in [6, 6.07) is 175. The van der Waals surface area contributed by atoms with E-state index in [2.05, 4.69) is 506 Å². The van der Waals surface area contributed by atoms with E-state index in [1.54, 1.807) is 0 Å². The molecule has 0 saturated heterocycles. The number of pyridine rings is 5. The van der Waals surface area contributed by atoms with Crippen molar-refractivity contribution in [1.82, 2.24) is 44.0 Å². The topological polar surface area (TPSA) is 100 Å². The summed E-state index contributed by atoms with van der Waals surface area (Å²) in [5, 5.41) is 5.70. The zero-order chi connectivity index (χ0) is 99.7.